The Morgan fingerprint density at radius 3 is 2.47 bits per heavy atom. The molecule has 1 unspecified atom stereocenters. The zero-order valence-electron chi connectivity index (χ0n) is 28.5. The topological polar surface area (TPSA) is 158 Å². The molecule has 0 aromatic carbocycles. The number of nitro groups is 1. The molecule has 5 aliphatic rings. The summed E-state index contributed by atoms with van der Waals surface area (Å²) in [5.74, 6) is 0.629. The van der Waals surface area contributed by atoms with Gasteiger partial charge in [-0.05, 0) is 87.4 Å². The molecule has 1 amide bonds. The molecule has 11 nitrogen and oxygen atoms in total. The highest BCUT2D eigenvalue weighted by molar-refractivity contribution is 6.47. The van der Waals surface area contributed by atoms with Crippen LogP contribution in [-0.2, 0) is 18.9 Å². The lowest BCUT2D eigenvalue weighted by atomic mass is 9.43. The second-order valence-corrected chi connectivity index (χ2v) is 15.5. The second-order valence-electron chi connectivity index (χ2n) is 15.5. The molecule has 5 fully saturated rings. The number of hydrogen-bond donors (Lipinski definition) is 3. The minimum atomic E-state index is -0.754. The summed E-state index contributed by atoms with van der Waals surface area (Å²) < 4.78 is 13.4. The number of nitrogens with zero attached hydrogens (tertiary/aromatic N) is 2. The van der Waals surface area contributed by atoms with Crippen molar-refractivity contribution >= 4 is 24.8 Å². The maximum Gasteiger partial charge on any atom is 0.481 e. The Labute approximate surface area is 270 Å². The number of unbranched alkanes of at least 4 members (excludes halogenated alkanes) is 1. The van der Waals surface area contributed by atoms with Crippen molar-refractivity contribution in [3.8, 4) is 0 Å². The van der Waals surface area contributed by atoms with E-state index in [1.807, 2.05) is 5.43 Å². The molecule has 4 aliphatic carbocycles. The van der Waals surface area contributed by atoms with Gasteiger partial charge in [-0.1, -0.05) is 65.7 Å². The van der Waals surface area contributed by atoms with Crippen LogP contribution in [0.2, 0.25) is 0 Å². The maximum atomic E-state index is 14.1. The highest BCUT2D eigenvalue weighted by Crippen LogP contribution is 2.65. The Morgan fingerprint density at radius 2 is 1.84 bits per heavy atom. The van der Waals surface area contributed by atoms with Crippen LogP contribution in [0.1, 0.15) is 125 Å². The summed E-state index contributed by atoms with van der Waals surface area (Å²) in [7, 11) is -0.536. The molecule has 1 heterocycles. The minimum Gasteiger partial charge on any atom is -0.404 e. The lowest BCUT2D eigenvalue weighted by Gasteiger charge is -2.64. The van der Waals surface area contributed by atoms with Crippen molar-refractivity contribution in [2.24, 2.45) is 51.6 Å². The van der Waals surface area contributed by atoms with Crippen molar-refractivity contribution in [2.45, 2.75) is 143 Å². The van der Waals surface area contributed by atoms with Crippen molar-refractivity contribution in [3.63, 3.8) is 0 Å². The molecule has 0 aromatic heterocycles. The molecule has 1 aliphatic heterocycles. The number of hydrogen-bond acceptors (Lipinski definition) is 7. The van der Waals surface area contributed by atoms with Gasteiger partial charge in [-0.25, -0.2) is 15.1 Å². The lowest BCUT2D eigenvalue weighted by Crippen LogP contribution is -2.65. The molecular weight excluding hydrogens is 573 g/mol. The smallest absolute Gasteiger partial charge is 0.404 e. The third-order valence-electron chi connectivity index (χ3n) is 11.6. The zero-order valence-corrected chi connectivity index (χ0v) is 28.5. The average molecular weight is 632 g/mol. The van der Waals surface area contributed by atoms with E-state index in [2.05, 4.69) is 51.9 Å². The van der Waals surface area contributed by atoms with Crippen molar-refractivity contribution in [3.05, 3.63) is 10.1 Å². The highest BCUT2D eigenvalue weighted by atomic mass is 16.7. The van der Waals surface area contributed by atoms with Gasteiger partial charge < -0.3 is 20.4 Å². The molecule has 0 radical (unpaired) electrons. The van der Waals surface area contributed by atoms with Crippen molar-refractivity contribution in [1.29, 1.82) is 0 Å². The number of hydrazine groups is 1. The molecule has 2 bridgehead atoms. The van der Waals surface area contributed by atoms with E-state index in [1.54, 1.807) is 0 Å². The van der Waals surface area contributed by atoms with Crippen LogP contribution in [0.15, 0.2) is 4.99 Å². The molecular formula is C33H58BN5O6. The molecule has 1 saturated heterocycles. The molecule has 12 heteroatoms. The molecule has 4 N–H and O–H groups in total. The van der Waals surface area contributed by atoms with E-state index in [4.69, 9.17) is 15.0 Å². The number of nitrogens with two attached hydrogens (primary N) is 1. The summed E-state index contributed by atoms with van der Waals surface area (Å²) >= 11 is 0. The predicted molar refractivity (Wildman–Crippen MR) is 175 cm³/mol. The van der Waals surface area contributed by atoms with Gasteiger partial charge in [0.15, 0.2) is 5.03 Å². The van der Waals surface area contributed by atoms with E-state index in [0.717, 1.165) is 44.9 Å². The van der Waals surface area contributed by atoms with Gasteiger partial charge in [0, 0.05) is 24.8 Å². The number of nitrogens with one attached hydrogen (secondary N) is 2. The Bertz CT molecular complexity index is 1080. The Morgan fingerprint density at radius 1 is 1.13 bits per heavy atom. The summed E-state index contributed by atoms with van der Waals surface area (Å²) in [5, 5.41) is 13.2. The highest BCUT2D eigenvalue weighted by Gasteiger charge is 2.68. The number of amides is 1. The molecule has 7 atom stereocenters. The largest absolute Gasteiger partial charge is 0.481 e. The standard InChI is InChI=1S/C33H58BN5O6/c1-7-8-15-25(22-12-9-10-13-22)26(40)18-23(14-11-16-36-31(35)38-39(42)43)30(41)37-29(17-21(2)3)34-44-28-20-24-19-27(32(24,4)5)33(28,6)45-34/h21-25,27-29H,7-20H2,1-6H3,(H,37,41)(H3,35,36,38)/t23-,24-,25?,27-,28-,29+,33+/m1/s1. The van der Waals surface area contributed by atoms with Crippen LogP contribution in [0.3, 0.4) is 0 Å². The monoisotopic (exact) mass is 631 g/mol. The summed E-state index contributed by atoms with van der Waals surface area (Å²) in [6.45, 7) is 13.5. The van der Waals surface area contributed by atoms with E-state index >= 15 is 0 Å². The van der Waals surface area contributed by atoms with Crippen molar-refractivity contribution < 1.29 is 23.9 Å². The van der Waals surface area contributed by atoms with Crippen molar-refractivity contribution in [2.75, 3.05) is 6.54 Å². The Balaban J connectivity index is 1.48. The summed E-state index contributed by atoms with van der Waals surface area (Å²) in [6, 6.07) is 0. The molecule has 5 rings (SSSR count). The number of rotatable bonds is 17. The van der Waals surface area contributed by atoms with Crippen LogP contribution >= 0.6 is 0 Å². The third-order valence-corrected chi connectivity index (χ3v) is 11.6. The van der Waals surface area contributed by atoms with Gasteiger partial charge in [-0.2, -0.15) is 0 Å². The predicted octanol–water partition coefficient (Wildman–Crippen LogP) is 5.23. The van der Waals surface area contributed by atoms with E-state index in [0.29, 0.717) is 42.9 Å². The first-order chi connectivity index (χ1) is 21.3. The fourth-order valence-electron chi connectivity index (χ4n) is 8.95. The Kier molecular flexibility index (Phi) is 12.0. The number of carbonyl (C=O) groups is 2. The number of carbonyl (C=O) groups excluding carboxylic acids is 2. The number of guanidine groups is 1. The normalized spacial score (nSPS) is 29.5. The van der Waals surface area contributed by atoms with E-state index < -0.39 is 18.1 Å². The summed E-state index contributed by atoms with van der Waals surface area (Å²) in [6.07, 6.45) is 11.4. The van der Waals surface area contributed by atoms with Gasteiger partial charge in [-0.3, -0.25) is 9.59 Å². The number of aliphatic imine (C=N–C) groups is 1. The average Bonchev–Trinajstić information content (AvgIpc) is 3.61. The number of Topliss-reactive ketones (excluding diaryl/α,β-unsaturated/α-hetero) is 1. The first-order valence-corrected chi connectivity index (χ1v) is 17.6. The fraction of sp³-hybridized carbons (Fsp3) is 0.909. The van der Waals surface area contributed by atoms with Crippen molar-refractivity contribution in [1.82, 2.24) is 10.7 Å². The first-order valence-electron chi connectivity index (χ1n) is 17.6. The first kappa shape index (κ1) is 35.6. The zero-order chi connectivity index (χ0) is 32.9. The van der Waals surface area contributed by atoms with Gasteiger partial charge in [0.2, 0.25) is 5.91 Å². The SMILES string of the molecule is CCCCC(C(=O)C[C@@H](CCCN=C(N)N[N+](=O)[O-])C(=O)N[C@@H](CC(C)C)B1O[C@@H]2C[C@H]3C[C@H](C3(C)C)[C@]2(C)O1)C1CCCC1. The van der Waals surface area contributed by atoms with Gasteiger partial charge >= 0.3 is 7.12 Å². The summed E-state index contributed by atoms with van der Waals surface area (Å²) in [5.41, 5.74) is 7.30. The van der Waals surface area contributed by atoms with Crippen LogP contribution in [0, 0.1) is 51.0 Å². The van der Waals surface area contributed by atoms with E-state index in [9.17, 15) is 19.7 Å². The summed E-state index contributed by atoms with van der Waals surface area (Å²) in [4.78, 5) is 42.7. The quantitative estimate of drug-likeness (QED) is 0.0492. The Hall–Kier alpha value is -2.21. The maximum absolute atomic E-state index is 14.1. The van der Waals surface area contributed by atoms with Crippen LogP contribution in [0.25, 0.3) is 0 Å². The minimum absolute atomic E-state index is 0.00779. The third kappa shape index (κ3) is 8.39. The van der Waals surface area contributed by atoms with Gasteiger partial charge in [0.05, 0.1) is 17.6 Å². The van der Waals surface area contributed by atoms with Crippen LogP contribution in [-0.4, -0.2) is 54.0 Å². The molecule has 4 saturated carbocycles. The molecule has 0 aromatic rings. The van der Waals surface area contributed by atoms with Gasteiger partial charge in [-0.15, -0.1) is 0 Å². The van der Waals surface area contributed by atoms with Gasteiger partial charge in [0.1, 0.15) is 5.78 Å². The van der Waals surface area contributed by atoms with Crippen LogP contribution < -0.4 is 16.5 Å². The fourth-order valence-corrected chi connectivity index (χ4v) is 8.95. The van der Waals surface area contributed by atoms with Gasteiger partial charge in [0.25, 0.3) is 5.96 Å². The number of ketones is 1. The van der Waals surface area contributed by atoms with E-state index in [-0.39, 0.29) is 59.6 Å². The van der Waals surface area contributed by atoms with Crippen LogP contribution in [0.4, 0.5) is 0 Å². The van der Waals surface area contributed by atoms with E-state index in [1.165, 1.54) is 12.8 Å². The second kappa shape index (κ2) is 15.1. The molecule has 0 spiro atoms. The lowest BCUT2D eigenvalue weighted by molar-refractivity contribution is -0.525. The molecule has 254 valence electrons. The molecule has 45 heavy (non-hydrogen) atoms. The van der Waals surface area contributed by atoms with Crippen LogP contribution in [0.5, 0.6) is 0 Å².